The molecule has 110 valence electrons. The summed E-state index contributed by atoms with van der Waals surface area (Å²) in [5, 5.41) is 10.4. The zero-order valence-electron chi connectivity index (χ0n) is 12.5. The van der Waals surface area contributed by atoms with Crippen LogP contribution in [-0.4, -0.2) is 17.0 Å². The van der Waals surface area contributed by atoms with Gasteiger partial charge in [-0.1, -0.05) is 12.5 Å². The van der Waals surface area contributed by atoms with Crippen LogP contribution >= 0.6 is 0 Å². The molecule has 4 aliphatic rings. The van der Waals surface area contributed by atoms with E-state index in [1.807, 2.05) is 6.08 Å². The number of fused-ring (bicyclic) bond motifs is 5. The fourth-order valence-corrected chi connectivity index (χ4v) is 6.15. The van der Waals surface area contributed by atoms with Crippen molar-refractivity contribution in [3.05, 3.63) is 11.6 Å². The smallest absolute Gasteiger partial charge is 0.155 e. The van der Waals surface area contributed by atoms with E-state index in [4.69, 9.17) is 0 Å². The Balaban J connectivity index is 1.63. The second-order valence-corrected chi connectivity index (χ2v) is 7.94. The number of allylic oxidation sites excluding steroid dienone is 1. The lowest BCUT2D eigenvalue weighted by Gasteiger charge is -2.53. The van der Waals surface area contributed by atoms with Crippen LogP contribution in [0.1, 0.15) is 58.3 Å². The molecule has 3 fully saturated rings. The van der Waals surface area contributed by atoms with Crippen LogP contribution in [0.4, 0.5) is 0 Å². The van der Waals surface area contributed by atoms with Crippen LogP contribution in [0.15, 0.2) is 11.6 Å². The van der Waals surface area contributed by atoms with Crippen molar-refractivity contribution in [2.24, 2.45) is 29.1 Å². The van der Waals surface area contributed by atoms with Gasteiger partial charge < -0.3 is 5.11 Å². The molecule has 1 N–H and O–H groups in total. The summed E-state index contributed by atoms with van der Waals surface area (Å²) in [6, 6.07) is 0. The number of aliphatic hydroxyl groups excluding tert-OH is 1. The molecule has 0 amide bonds. The molecule has 0 aliphatic heterocycles. The molecule has 2 nitrogen and oxygen atoms in total. The molecule has 2 heteroatoms. The van der Waals surface area contributed by atoms with Crippen molar-refractivity contribution < 1.29 is 9.90 Å². The highest BCUT2D eigenvalue weighted by Crippen LogP contribution is 2.61. The molecule has 0 aromatic heterocycles. The molecule has 0 bridgehead atoms. The summed E-state index contributed by atoms with van der Waals surface area (Å²) in [5.74, 6) is 3.38. The Bertz CT molecular complexity index is 466. The third kappa shape index (κ3) is 1.70. The van der Waals surface area contributed by atoms with E-state index in [2.05, 4.69) is 6.92 Å². The molecule has 0 radical (unpaired) electrons. The maximum absolute atomic E-state index is 11.6. The quantitative estimate of drug-likeness (QED) is 0.688. The molecule has 4 aliphatic carbocycles. The molecule has 3 saturated carbocycles. The molecule has 4 rings (SSSR count). The van der Waals surface area contributed by atoms with Crippen molar-refractivity contribution in [3.8, 4) is 0 Å². The highest BCUT2D eigenvalue weighted by Gasteiger charge is 2.55. The lowest BCUT2D eigenvalue weighted by atomic mass is 9.53. The van der Waals surface area contributed by atoms with Crippen LogP contribution in [0.2, 0.25) is 0 Å². The number of carbonyl (C=O) groups excluding carboxylic acids is 1. The molecular formula is C18H26O2. The normalized spacial score (nSPS) is 51.0. The van der Waals surface area contributed by atoms with E-state index in [0.717, 1.165) is 43.4 Å². The van der Waals surface area contributed by atoms with E-state index in [1.165, 1.54) is 31.3 Å². The standard InChI is InChI=1S/C18H26O2/c1-18-9-8-14-13-5-3-12(19)10-11(13)2-4-15(14)16(18)6-7-17(18)20/h10,13-17,20H,2-9H2,1H3/t13-,14+,15+,16-,17-,18-/m0/s1/i10+1,12+1. The minimum Gasteiger partial charge on any atom is -0.393 e. The summed E-state index contributed by atoms with van der Waals surface area (Å²) < 4.78 is 0. The van der Waals surface area contributed by atoms with Crippen LogP contribution in [0, 0.1) is 29.1 Å². The molecule has 0 aromatic rings. The van der Waals surface area contributed by atoms with Gasteiger partial charge in [-0.2, -0.15) is 0 Å². The first kappa shape index (κ1) is 13.1. The van der Waals surface area contributed by atoms with Gasteiger partial charge in [0.1, 0.15) is 0 Å². The van der Waals surface area contributed by atoms with Crippen LogP contribution < -0.4 is 0 Å². The van der Waals surface area contributed by atoms with Gasteiger partial charge >= 0.3 is 0 Å². The highest BCUT2D eigenvalue weighted by molar-refractivity contribution is 5.91. The van der Waals surface area contributed by atoms with Gasteiger partial charge in [0.25, 0.3) is 0 Å². The average Bonchev–Trinajstić information content (AvgIpc) is 2.74. The van der Waals surface area contributed by atoms with Gasteiger partial charge in [0, 0.05) is 6.42 Å². The molecule has 0 heterocycles. The van der Waals surface area contributed by atoms with E-state index in [-0.39, 0.29) is 11.5 Å². The fourth-order valence-electron chi connectivity index (χ4n) is 6.15. The minimum atomic E-state index is -0.0710. The Morgan fingerprint density at radius 2 is 1.95 bits per heavy atom. The van der Waals surface area contributed by atoms with E-state index in [0.29, 0.717) is 11.7 Å². The second kappa shape index (κ2) is 4.43. The molecule has 0 unspecified atom stereocenters. The average molecular weight is 276 g/mol. The summed E-state index contributed by atoms with van der Waals surface area (Å²) in [4.78, 5) is 11.6. The summed E-state index contributed by atoms with van der Waals surface area (Å²) >= 11 is 0. The van der Waals surface area contributed by atoms with E-state index in [9.17, 15) is 9.90 Å². The molecule has 20 heavy (non-hydrogen) atoms. The first-order valence-corrected chi connectivity index (χ1v) is 8.51. The van der Waals surface area contributed by atoms with Crippen LogP contribution in [0.5, 0.6) is 0 Å². The maximum atomic E-state index is 11.6. The molecule has 0 aromatic carbocycles. The Kier molecular flexibility index (Phi) is 2.89. The molecular weight excluding hydrogens is 250 g/mol. The number of hydrogen-bond acceptors (Lipinski definition) is 2. The van der Waals surface area contributed by atoms with E-state index >= 15 is 0 Å². The Morgan fingerprint density at radius 1 is 1.10 bits per heavy atom. The third-order valence-electron chi connectivity index (χ3n) is 7.25. The zero-order chi connectivity index (χ0) is 13.9. The van der Waals surface area contributed by atoms with Gasteiger partial charge in [0.2, 0.25) is 0 Å². The van der Waals surface area contributed by atoms with Crippen molar-refractivity contribution in [1.29, 1.82) is 0 Å². The topological polar surface area (TPSA) is 37.3 Å². The van der Waals surface area contributed by atoms with Gasteiger partial charge in [-0.05, 0) is 80.1 Å². The summed E-state index contributed by atoms with van der Waals surface area (Å²) in [6.07, 6.45) is 10.9. The Hall–Kier alpha value is -0.630. The predicted molar refractivity (Wildman–Crippen MR) is 78.1 cm³/mol. The lowest BCUT2D eigenvalue weighted by molar-refractivity contribution is -0.116. The van der Waals surface area contributed by atoms with Crippen molar-refractivity contribution in [1.82, 2.24) is 0 Å². The Morgan fingerprint density at radius 3 is 2.80 bits per heavy atom. The number of ketones is 1. The SMILES string of the molecule is C[C@]12CC[C@H]3[C@@H](CCC4=[13CH][13C](=O)CC[C@@H]43)[C@@H]1CC[C@@H]2O. The van der Waals surface area contributed by atoms with Crippen LogP contribution in [0.3, 0.4) is 0 Å². The molecule has 0 saturated heterocycles. The maximum Gasteiger partial charge on any atom is 0.155 e. The van der Waals surface area contributed by atoms with Gasteiger partial charge in [-0.15, -0.1) is 0 Å². The fraction of sp³-hybridized carbons (Fsp3) is 0.833. The molecule has 6 atom stereocenters. The van der Waals surface area contributed by atoms with E-state index in [1.54, 1.807) is 0 Å². The number of aliphatic hydroxyl groups is 1. The Labute approximate surface area is 121 Å². The first-order chi connectivity index (χ1) is 9.59. The minimum absolute atomic E-state index is 0.0710. The van der Waals surface area contributed by atoms with Crippen LogP contribution in [0.25, 0.3) is 0 Å². The second-order valence-electron chi connectivity index (χ2n) is 7.94. The predicted octanol–water partition coefficient (Wildman–Crippen LogP) is 3.49. The van der Waals surface area contributed by atoms with Gasteiger partial charge in [-0.3, -0.25) is 4.79 Å². The van der Waals surface area contributed by atoms with E-state index < -0.39 is 0 Å². The van der Waals surface area contributed by atoms with Gasteiger partial charge in [0.05, 0.1) is 6.10 Å². The number of hydrogen-bond donors (Lipinski definition) is 1. The lowest BCUT2D eigenvalue weighted by Crippen LogP contribution is -2.47. The molecule has 0 spiro atoms. The zero-order valence-corrected chi connectivity index (χ0v) is 12.5. The van der Waals surface area contributed by atoms with Gasteiger partial charge in [0.15, 0.2) is 5.78 Å². The van der Waals surface area contributed by atoms with Crippen LogP contribution in [-0.2, 0) is 4.79 Å². The summed E-state index contributed by atoms with van der Waals surface area (Å²) in [7, 11) is 0. The van der Waals surface area contributed by atoms with Crippen molar-refractivity contribution in [3.63, 3.8) is 0 Å². The summed E-state index contributed by atoms with van der Waals surface area (Å²) in [5.41, 5.74) is 1.65. The van der Waals surface area contributed by atoms with Crippen molar-refractivity contribution >= 4 is 5.78 Å². The number of rotatable bonds is 0. The largest absolute Gasteiger partial charge is 0.393 e. The number of carbonyl (C=O) groups is 1. The first-order valence-electron chi connectivity index (χ1n) is 8.51. The van der Waals surface area contributed by atoms with Crippen molar-refractivity contribution in [2.45, 2.75) is 64.4 Å². The van der Waals surface area contributed by atoms with Gasteiger partial charge in [-0.25, -0.2) is 0 Å². The third-order valence-corrected chi connectivity index (χ3v) is 7.25. The monoisotopic (exact) mass is 276 g/mol. The summed E-state index contributed by atoms with van der Waals surface area (Å²) in [6.45, 7) is 2.33. The highest BCUT2D eigenvalue weighted by atomic mass is 16.3. The van der Waals surface area contributed by atoms with Crippen molar-refractivity contribution in [2.75, 3.05) is 0 Å².